The van der Waals surface area contributed by atoms with E-state index in [1.54, 1.807) is 13.3 Å². The van der Waals surface area contributed by atoms with Crippen LogP contribution in [-0.2, 0) is 9.53 Å². The summed E-state index contributed by atoms with van der Waals surface area (Å²) in [4.78, 5) is 23.2. The number of piperidine rings is 1. The lowest BCUT2D eigenvalue weighted by atomic mass is 9.93. The summed E-state index contributed by atoms with van der Waals surface area (Å²) >= 11 is 3.37. The molecular formula is C17H25BrN4O3. The van der Waals surface area contributed by atoms with E-state index in [0.29, 0.717) is 24.2 Å². The van der Waals surface area contributed by atoms with Crippen molar-refractivity contribution in [3.63, 3.8) is 0 Å². The van der Waals surface area contributed by atoms with E-state index in [1.165, 1.54) is 0 Å². The second-order valence-electron chi connectivity index (χ2n) is 6.62. The second kappa shape index (κ2) is 8.80. The van der Waals surface area contributed by atoms with Crippen molar-refractivity contribution in [1.82, 2.24) is 15.3 Å². The van der Waals surface area contributed by atoms with Gasteiger partial charge in [-0.1, -0.05) is 0 Å². The van der Waals surface area contributed by atoms with Gasteiger partial charge in [0.05, 0.1) is 17.8 Å². The molecule has 138 valence electrons. The SMILES string of the molecule is COc1nc(N2CCC(CC(=O)NC3CCOCC3)CC2)ncc1Br. The number of aromatic nitrogens is 2. The Morgan fingerprint density at radius 3 is 2.76 bits per heavy atom. The molecule has 1 aromatic rings. The highest BCUT2D eigenvalue weighted by molar-refractivity contribution is 9.10. The Hall–Kier alpha value is -1.41. The summed E-state index contributed by atoms with van der Waals surface area (Å²) in [5.74, 6) is 1.83. The van der Waals surface area contributed by atoms with Gasteiger partial charge >= 0.3 is 0 Å². The number of nitrogens with zero attached hydrogens (tertiary/aromatic N) is 3. The molecule has 2 fully saturated rings. The number of halogens is 1. The fourth-order valence-corrected chi connectivity index (χ4v) is 3.72. The molecule has 0 spiro atoms. The van der Waals surface area contributed by atoms with Crippen molar-refractivity contribution in [3.05, 3.63) is 10.7 Å². The zero-order valence-corrected chi connectivity index (χ0v) is 16.1. The Balaban J connectivity index is 1.46. The Kier molecular flexibility index (Phi) is 6.47. The van der Waals surface area contributed by atoms with Crippen LogP contribution in [0.4, 0.5) is 5.95 Å². The molecule has 1 aromatic heterocycles. The van der Waals surface area contributed by atoms with Crippen molar-refractivity contribution >= 4 is 27.8 Å². The summed E-state index contributed by atoms with van der Waals surface area (Å²) in [5, 5.41) is 3.15. The highest BCUT2D eigenvalue weighted by Crippen LogP contribution is 2.27. The van der Waals surface area contributed by atoms with E-state index in [9.17, 15) is 4.79 Å². The van der Waals surface area contributed by atoms with Crippen LogP contribution >= 0.6 is 15.9 Å². The number of methoxy groups -OCH3 is 1. The molecule has 1 amide bonds. The average molecular weight is 413 g/mol. The van der Waals surface area contributed by atoms with Gasteiger partial charge in [0, 0.05) is 38.8 Å². The summed E-state index contributed by atoms with van der Waals surface area (Å²) in [6.45, 7) is 3.22. The van der Waals surface area contributed by atoms with Crippen LogP contribution in [0.2, 0.25) is 0 Å². The maximum Gasteiger partial charge on any atom is 0.232 e. The molecule has 2 saturated heterocycles. The molecule has 2 aliphatic heterocycles. The zero-order chi connectivity index (χ0) is 17.6. The van der Waals surface area contributed by atoms with Crippen LogP contribution in [0.5, 0.6) is 5.88 Å². The summed E-state index contributed by atoms with van der Waals surface area (Å²) < 4.78 is 11.3. The molecule has 0 unspecified atom stereocenters. The molecule has 7 nitrogen and oxygen atoms in total. The Morgan fingerprint density at radius 2 is 2.08 bits per heavy atom. The highest BCUT2D eigenvalue weighted by atomic mass is 79.9. The van der Waals surface area contributed by atoms with Crippen LogP contribution < -0.4 is 15.0 Å². The molecule has 0 aromatic carbocycles. The van der Waals surface area contributed by atoms with Gasteiger partial charge in [0.25, 0.3) is 0 Å². The first-order valence-corrected chi connectivity index (χ1v) is 9.63. The molecule has 3 heterocycles. The maximum absolute atomic E-state index is 12.2. The lowest BCUT2D eigenvalue weighted by Gasteiger charge is -2.32. The number of rotatable bonds is 5. The second-order valence-corrected chi connectivity index (χ2v) is 7.47. The number of ether oxygens (including phenoxy) is 2. The van der Waals surface area contributed by atoms with E-state index in [4.69, 9.17) is 9.47 Å². The van der Waals surface area contributed by atoms with Crippen LogP contribution in [0, 0.1) is 5.92 Å². The topological polar surface area (TPSA) is 76.6 Å². The van der Waals surface area contributed by atoms with Crippen LogP contribution in [0.25, 0.3) is 0 Å². The lowest BCUT2D eigenvalue weighted by molar-refractivity contribution is -0.123. The minimum atomic E-state index is 0.173. The predicted octanol–water partition coefficient (Wildman–Crippen LogP) is 2.15. The fourth-order valence-electron chi connectivity index (χ4n) is 3.37. The smallest absolute Gasteiger partial charge is 0.232 e. The largest absolute Gasteiger partial charge is 0.480 e. The van der Waals surface area contributed by atoms with Crippen molar-refractivity contribution in [3.8, 4) is 5.88 Å². The van der Waals surface area contributed by atoms with Gasteiger partial charge in [0.2, 0.25) is 17.7 Å². The summed E-state index contributed by atoms with van der Waals surface area (Å²) in [7, 11) is 1.60. The molecule has 2 aliphatic rings. The van der Waals surface area contributed by atoms with Gasteiger partial charge in [-0.15, -0.1) is 0 Å². The number of hydrogen-bond acceptors (Lipinski definition) is 6. The molecule has 0 atom stereocenters. The van der Waals surface area contributed by atoms with Crippen molar-refractivity contribution in [2.45, 2.75) is 38.1 Å². The van der Waals surface area contributed by atoms with Crippen molar-refractivity contribution in [2.75, 3.05) is 38.3 Å². The van der Waals surface area contributed by atoms with Gasteiger partial charge in [-0.3, -0.25) is 4.79 Å². The van der Waals surface area contributed by atoms with Gasteiger partial charge in [0.1, 0.15) is 0 Å². The Bertz CT molecular complexity index is 587. The van der Waals surface area contributed by atoms with Gasteiger partial charge in [-0.05, 0) is 47.5 Å². The van der Waals surface area contributed by atoms with E-state index in [-0.39, 0.29) is 11.9 Å². The summed E-state index contributed by atoms with van der Waals surface area (Å²) in [5.41, 5.74) is 0. The number of carbonyl (C=O) groups is 1. The van der Waals surface area contributed by atoms with Crippen LogP contribution in [-0.4, -0.2) is 55.3 Å². The number of hydrogen-bond donors (Lipinski definition) is 1. The average Bonchev–Trinajstić information content (AvgIpc) is 2.63. The molecule has 3 rings (SSSR count). The third-order valence-corrected chi connectivity index (χ3v) is 5.39. The molecule has 0 aliphatic carbocycles. The summed E-state index contributed by atoms with van der Waals surface area (Å²) in [6, 6.07) is 0.282. The van der Waals surface area contributed by atoms with E-state index in [2.05, 4.69) is 36.1 Å². The van der Waals surface area contributed by atoms with Gasteiger partial charge < -0.3 is 19.7 Å². The monoisotopic (exact) mass is 412 g/mol. The third kappa shape index (κ3) is 5.04. The van der Waals surface area contributed by atoms with E-state index in [1.807, 2.05) is 0 Å². The van der Waals surface area contributed by atoms with Crippen LogP contribution in [0.15, 0.2) is 10.7 Å². The van der Waals surface area contributed by atoms with Gasteiger partial charge in [-0.25, -0.2) is 4.98 Å². The third-order valence-electron chi connectivity index (χ3n) is 4.85. The number of carbonyl (C=O) groups excluding carboxylic acids is 1. The Labute approximate surface area is 156 Å². The molecule has 25 heavy (non-hydrogen) atoms. The first-order valence-electron chi connectivity index (χ1n) is 8.84. The number of anilines is 1. The van der Waals surface area contributed by atoms with E-state index in [0.717, 1.165) is 56.5 Å². The molecule has 0 bridgehead atoms. The first-order chi connectivity index (χ1) is 12.2. The minimum Gasteiger partial charge on any atom is -0.480 e. The van der Waals surface area contributed by atoms with Crippen LogP contribution in [0.3, 0.4) is 0 Å². The van der Waals surface area contributed by atoms with Crippen LogP contribution in [0.1, 0.15) is 32.1 Å². The zero-order valence-electron chi connectivity index (χ0n) is 14.5. The van der Waals surface area contributed by atoms with Gasteiger partial charge in [-0.2, -0.15) is 4.98 Å². The van der Waals surface area contributed by atoms with Gasteiger partial charge in [0.15, 0.2) is 0 Å². The highest BCUT2D eigenvalue weighted by Gasteiger charge is 2.25. The van der Waals surface area contributed by atoms with Crippen molar-refractivity contribution < 1.29 is 14.3 Å². The molecule has 8 heteroatoms. The molecular weight excluding hydrogens is 388 g/mol. The lowest BCUT2D eigenvalue weighted by Crippen LogP contribution is -2.41. The Morgan fingerprint density at radius 1 is 1.36 bits per heavy atom. The first kappa shape index (κ1) is 18.4. The predicted molar refractivity (Wildman–Crippen MR) is 97.8 cm³/mol. The molecule has 1 N–H and O–H groups in total. The van der Waals surface area contributed by atoms with Crippen molar-refractivity contribution in [2.24, 2.45) is 5.92 Å². The maximum atomic E-state index is 12.2. The number of nitrogens with one attached hydrogen (secondary N) is 1. The fraction of sp³-hybridized carbons (Fsp3) is 0.706. The quantitative estimate of drug-likeness (QED) is 0.798. The molecule has 0 saturated carbocycles. The van der Waals surface area contributed by atoms with E-state index < -0.39 is 0 Å². The number of amides is 1. The standard InChI is InChI=1S/C17H25BrN4O3/c1-24-16-14(18)11-19-17(21-16)22-6-2-12(3-7-22)10-15(23)20-13-4-8-25-9-5-13/h11-13H,2-10H2,1H3,(H,20,23). The van der Waals surface area contributed by atoms with E-state index >= 15 is 0 Å². The minimum absolute atomic E-state index is 0.173. The normalized spacial score (nSPS) is 19.7. The summed E-state index contributed by atoms with van der Waals surface area (Å²) in [6.07, 6.45) is 6.12. The molecule has 0 radical (unpaired) electrons. The van der Waals surface area contributed by atoms with Crippen molar-refractivity contribution in [1.29, 1.82) is 0 Å².